The highest BCUT2D eigenvalue weighted by Gasteiger charge is 2.14. The van der Waals surface area contributed by atoms with Crippen LogP contribution in [0.4, 0.5) is 4.39 Å². The minimum atomic E-state index is -0.292. The van der Waals surface area contributed by atoms with E-state index in [4.69, 9.17) is 22.2 Å². The molecule has 96 valence electrons. The third kappa shape index (κ3) is 4.60. The van der Waals surface area contributed by atoms with Gasteiger partial charge in [-0.3, -0.25) is 11.3 Å². The topological polar surface area (TPSA) is 47.3 Å². The van der Waals surface area contributed by atoms with Gasteiger partial charge in [0, 0.05) is 18.2 Å². The molecule has 0 fully saturated rings. The Labute approximate surface area is 106 Å². The highest BCUT2D eigenvalue weighted by Crippen LogP contribution is 2.19. The van der Waals surface area contributed by atoms with Crippen molar-refractivity contribution in [1.82, 2.24) is 5.43 Å². The highest BCUT2D eigenvalue weighted by molar-refractivity contribution is 6.31. The monoisotopic (exact) mass is 260 g/mol. The molecule has 3 nitrogen and oxygen atoms in total. The van der Waals surface area contributed by atoms with Crippen LogP contribution in [0.3, 0.4) is 0 Å². The van der Waals surface area contributed by atoms with E-state index in [0.717, 1.165) is 12.0 Å². The Balaban J connectivity index is 2.69. The third-order valence-corrected chi connectivity index (χ3v) is 3.10. The molecular formula is C12H18ClFN2O. The molecule has 1 aromatic rings. The number of ether oxygens (including phenoxy) is 1. The van der Waals surface area contributed by atoms with Crippen LogP contribution in [0.15, 0.2) is 18.2 Å². The molecule has 1 rings (SSSR count). The fourth-order valence-electron chi connectivity index (χ4n) is 1.67. The van der Waals surface area contributed by atoms with Gasteiger partial charge in [-0.15, -0.1) is 0 Å². The summed E-state index contributed by atoms with van der Waals surface area (Å²) in [5.41, 5.74) is 3.45. The maximum Gasteiger partial charge on any atom is 0.123 e. The van der Waals surface area contributed by atoms with Crippen molar-refractivity contribution >= 4 is 11.6 Å². The molecule has 0 radical (unpaired) electrons. The molecule has 0 spiro atoms. The molecule has 0 aliphatic rings. The van der Waals surface area contributed by atoms with E-state index < -0.39 is 0 Å². The van der Waals surface area contributed by atoms with Crippen molar-refractivity contribution in [2.45, 2.75) is 31.9 Å². The van der Waals surface area contributed by atoms with E-state index in [1.165, 1.54) is 12.1 Å². The van der Waals surface area contributed by atoms with Gasteiger partial charge in [0.05, 0.1) is 6.10 Å². The van der Waals surface area contributed by atoms with Crippen molar-refractivity contribution < 1.29 is 9.13 Å². The van der Waals surface area contributed by atoms with Crippen molar-refractivity contribution in [3.05, 3.63) is 34.6 Å². The zero-order chi connectivity index (χ0) is 12.8. The molecule has 0 aromatic heterocycles. The van der Waals surface area contributed by atoms with Gasteiger partial charge in [-0.1, -0.05) is 11.6 Å². The maximum atomic E-state index is 13.1. The molecule has 0 bridgehead atoms. The third-order valence-electron chi connectivity index (χ3n) is 2.73. The minimum absolute atomic E-state index is 0.00394. The van der Waals surface area contributed by atoms with Gasteiger partial charge in [0.1, 0.15) is 5.82 Å². The van der Waals surface area contributed by atoms with Crippen LogP contribution in [0.5, 0.6) is 0 Å². The van der Waals surface area contributed by atoms with E-state index in [0.29, 0.717) is 11.4 Å². The number of nitrogens with one attached hydrogen (secondary N) is 1. The van der Waals surface area contributed by atoms with Crippen LogP contribution in [-0.2, 0) is 11.2 Å². The highest BCUT2D eigenvalue weighted by atomic mass is 35.5. The Hall–Kier alpha value is -0.680. The quantitative estimate of drug-likeness (QED) is 0.609. The summed E-state index contributed by atoms with van der Waals surface area (Å²) >= 11 is 6.00. The van der Waals surface area contributed by atoms with E-state index in [9.17, 15) is 4.39 Å². The summed E-state index contributed by atoms with van der Waals surface area (Å²) in [6, 6.07) is 4.34. The fraction of sp³-hybridized carbons (Fsp3) is 0.500. The van der Waals surface area contributed by atoms with E-state index in [1.807, 2.05) is 6.92 Å². The van der Waals surface area contributed by atoms with E-state index in [2.05, 4.69) is 5.43 Å². The summed E-state index contributed by atoms with van der Waals surface area (Å²) < 4.78 is 18.3. The van der Waals surface area contributed by atoms with E-state index in [-0.39, 0.29) is 18.0 Å². The zero-order valence-corrected chi connectivity index (χ0v) is 10.8. The van der Waals surface area contributed by atoms with Gasteiger partial charge in [-0.05, 0) is 43.5 Å². The molecule has 0 saturated carbocycles. The lowest BCUT2D eigenvalue weighted by Gasteiger charge is -2.20. The summed E-state index contributed by atoms with van der Waals surface area (Å²) in [5.74, 6) is 5.18. The van der Waals surface area contributed by atoms with Crippen LogP contribution >= 0.6 is 11.6 Å². The second-order valence-corrected chi connectivity index (χ2v) is 4.49. The second kappa shape index (κ2) is 6.91. The van der Waals surface area contributed by atoms with Crippen molar-refractivity contribution in [2.24, 2.45) is 5.84 Å². The summed E-state index contributed by atoms with van der Waals surface area (Å²) in [6.45, 7) is 1.96. The Bertz CT molecular complexity index is 362. The lowest BCUT2D eigenvalue weighted by Crippen LogP contribution is -2.39. The number of benzene rings is 1. The summed E-state index contributed by atoms with van der Waals surface area (Å²) in [5, 5.41) is 0.553. The Morgan fingerprint density at radius 3 is 2.82 bits per heavy atom. The first-order valence-electron chi connectivity index (χ1n) is 5.49. The first kappa shape index (κ1) is 14.4. The Kier molecular flexibility index (Phi) is 5.85. The predicted molar refractivity (Wildman–Crippen MR) is 67.3 cm³/mol. The number of nitrogens with two attached hydrogens (primary N) is 1. The first-order valence-corrected chi connectivity index (χ1v) is 5.87. The molecule has 5 heteroatoms. The Morgan fingerprint density at radius 2 is 2.24 bits per heavy atom. The minimum Gasteiger partial charge on any atom is -0.382 e. The van der Waals surface area contributed by atoms with Crippen LogP contribution < -0.4 is 11.3 Å². The summed E-state index contributed by atoms with van der Waals surface area (Å²) in [4.78, 5) is 0. The standard InChI is InChI=1S/C12H18ClFN2O/c1-8(17-2)5-11(16-15)7-9-6-10(14)3-4-12(9)13/h3-4,6,8,11,16H,5,7,15H2,1-2H3. The molecule has 0 heterocycles. The molecule has 0 aliphatic carbocycles. The van der Waals surface area contributed by atoms with Crippen molar-refractivity contribution in [3.63, 3.8) is 0 Å². The van der Waals surface area contributed by atoms with Crippen LogP contribution in [-0.4, -0.2) is 19.3 Å². The normalized spacial score (nSPS) is 14.6. The van der Waals surface area contributed by atoms with Gasteiger partial charge in [-0.2, -0.15) is 0 Å². The van der Waals surface area contributed by atoms with E-state index >= 15 is 0 Å². The molecule has 2 atom stereocenters. The van der Waals surface area contributed by atoms with Gasteiger partial charge >= 0.3 is 0 Å². The smallest absolute Gasteiger partial charge is 0.123 e. The van der Waals surface area contributed by atoms with Crippen LogP contribution in [0.2, 0.25) is 5.02 Å². The SMILES string of the molecule is COC(C)CC(Cc1cc(F)ccc1Cl)NN. The molecule has 3 N–H and O–H groups in total. The Morgan fingerprint density at radius 1 is 1.53 bits per heavy atom. The van der Waals surface area contributed by atoms with Crippen molar-refractivity contribution in [1.29, 1.82) is 0 Å². The summed E-state index contributed by atoms with van der Waals surface area (Å²) in [6.07, 6.45) is 1.39. The van der Waals surface area contributed by atoms with Crippen molar-refractivity contribution in [2.75, 3.05) is 7.11 Å². The molecule has 0 saturated heterocycles. The average molecular weight is 261 g/mol. The van der Waals surface area contributed by atoms with E-state index in [1.54, 1.807) is 13.2 Å². The van der Waals surface area contributed by atoms with Crippen LogP contribution in [0.25, 0.3) is 0 Å². The van der Waals surface area contributed by atoms with Gasteiger partial charge in [0.2, 0.25) is 0 Å². The average Bonchev–Trinajstić information content (AvgIpc) is 2.32. The number of halogens is 2. The zero-order valence-electron chi connectivity index (χ0n) is 10.0. The maximum absolute atomic E-state index is 13.1. The molecule has 1 aromatic carbocycles. The van der Waals surface area contributed by atoms with Crippen LogP contribution in [0.1, 0.15) is 18.9 Å². The largest absolute Gasteiger partial charge is 0.382 e. The lowest BCUT2D eigenvalue weighted by atomic mass is 10.0. The molecule has 0 aliphatic heterocycles. The van der Waals surface area contributed by atoms with Gasteiger partial charge in [0.25, 0.3) is 0 Å². The molecule has 2 unspecified atom stereocenters. The number of rotatable bonds is 6. The second-order valence-electron chi connectivity index (χ2n) is 4.09. The molecule has 0 amide bonds. The number of hydrogen-bond acceptors (Lipinski definition) is 3. The fourth-order valence-corrected chi connectivity index (χ4v) is 1.87. The van der Waals surface area contributed by atoms with Crippen molar-refractivity contribution in [3.8, 4) is 0 Å². The lowest BCUT2D eigenvalue weighted by molar-refractivity contribution is 0.100. The molecule has 17 heavy (non-hydrogen) atoms. The predicted octanol–water partition coefficient (Wildman–Crippen LogP) is 2.28. The molecular weight excluding hydrogens is 243 g/mol. The van der Waals surface area contributed by atoms with Gasteiger partial charge < -0.3 is 4.74 Å². The van der Waals surface area contributed by atoms with Gasteiger partial charge in [0.15, 0.2) is 0 Å². The van der Waals surface area contributed by atoms with Crippen LogP contribution in [0, 0.1) is 5.82 Å². The first-order chi connectivity index (χ1) is 8.06. The van der Waals surface area contributed by atoms with Gasteiger partial charge in [-0.25, -0.2) is 4.39 Å². The number of hydrogen-bond donors (Lipinski definition) is 2. The summed E-state index contributed by atoms with van der Waals surface area (Å²) in [7, 11) is 1.65. The number of methoxy groups -OCH3 is 1. The number of hydrazine groups is 1.